The number of anilines is 1. The largest absolute Gasteiger partial charge is 0.411 e. The zero-order valence-electron chi connectivity index (χ0n) is 13.5. The van der Waals surface area contributed by atoms with Crippen LogP contribution >= 0.6 is 11.6 Å². The molecule has 1 aromatic rings. The molecule has 2 rings (SSSR count). The SMILES string of the molecule is C[C@H](COCC(F)(F)F)NC(=O)[C@H]1CC(=O)N(c2cccc(Cl)c2)C1. The number of ether oxygens (including phenoxy) is 1. The van der Waals surface area contributed by atoms with Gasteiger partial charge in [0.1, 0.15) is 6.61 Å². The molecular weight excluding hydrogens is 361 g/mol. The third-order valence-electron chi connectivity index (χ3n) is 3.64. The Labute approximate surface area is 148 Å². The molecule has 1 fully saturated rings. The molecule has 0 saturated carbocycles. The summed E-state index contributed by atoms with van der Waals surface area (Å²) in [6, 6.07) is 6.15. The number of carbonyl (C=O) groups excluding carboxylic acids is 2. The maximum absolute atomic E-state index is 12.2. The van der Waals surface area contributed by atoms with Crippen LogP contribution in [0.1, 0.15) is 13.3 Å². The minimum absolute atomic E-state index is 0.0362. The lowest BCUT2D eigenvalue weighted by Crippen LogP contribution is -2.41. The topological polar surface area (TPSA) is 58.6 Å². The van der Waals surface area contributed by atoms with Crippen LogP contribution in [-0.4, -0.2) is 43.8 Å². The molecule has 138 valence electrons. The Morgan fingerprint density at radius 3 is 2.84 bits per heavy atom. The predicted octanol–water partition coefficient (Wildman–Crippen LogP) is 2.78. The zero-order chi connectivity index (χ0) is 18.6. The highest BCUT2D eigenvalue weighted by Crippen LogP contribution is 2.27. The lowest BCUT2D eigenvalue weighted by atomic mass is 10.1. The fraction of sp³-hybridized carbons (Fsp3) is 0.500. The van der Waals surface area contributed by atoms with Crippen molar-refractivity contribution in [2.24, 2.45) is 5.92 Å². The first kappa shape index (κ1) is 19.5. The monoisotopic (exact) mass is 378 g/mol. The normalized spacial score (nSPS) is 19.2. The van der Waals surface area contributed by atoms with Crippen molar-refractivity contribution in [2.45, 2.75) is 25.6 Å². The number of nitrogens with zero attached hydrogens (tertiary/aromatic N) is 1. The fourth-order valence-corrected chi connectivity index (χ4v) is 2.72. The summed E-state index contributed by atoms with van der Waals surface area (Å²) in [6.07, 6.45) is -4.37. The summed E-state index contributed by atoms with van der Waals surface area (Å²) in [7, 11) is 0. The summed E-state index contributed by atoms with van der Waals surface area (Å²) in [6.45, 7) is 0.114. The smallest absolute Gasteiger partial charge is 0.370 e. The quantitative estimate of drug-likeness (QED) is 0.828. The third kappa shape index (κ3) is 5.89. The molecule has 2 amide bonds. The molecule has 2 atom stereocenters. The Morgan fingerprint density at radius 2 is 2.20 bits per heavy atom. The summed E-state index contributed by atoms with van der Waals surface area (Å²) < 4.78 is 40.6. The molecule has 5 nitrogen and oxygen atoms in total. The van der Waals surface area contributed by atoms with Crippen molar-refractivity contribution in [1.82, 2.24) is 5.32 Å². The van der Waals surface area contributed by atoms with Gasteiger partial charge in [-0.2, -0.15) is 13.2 Å². The maximum atomic E-state index is 12.2. The lowest BCUT2D eigenvalue weighted by Gasteiger charge is -2.19. The highest BCUT2D eigenvalue weighted by molar-refractivity contribution is 6.30. The number of hydrogen-bond acceptors (Lipinski definition) is 3. The molecule has 0 aliphatic carbocycles. The zero-order valence-corrected chi connectivity index (χ0v) is 14.2. The van der Waals surface area contributed by atoms with E-state index in [0.717, 1.165) is 0 Å². The van der Waals surface area contributed by atoms with Gasteiger partial charge in [-0.1, -0.05) is 17.7 Å². The van der Waals surface area contributed by atoms with E-state index in [1.165, 1.54) is 4.90 Å². The van der Waals surface area contributed by atoms with Crippen LogP contribution in [0.15, 0.2) is 24.3 Å². The van der Waals surface area contributed by atoms with Gasteiger partial charge in [0.05, 0.1) is 12.5 Å². The molecule has 1 N–H and O–H groups in total. The van der Waals surface area contributed by atoms with Crippen LogP contribution in [0.5, 0.6) is 0 Å². The van der Waals surface area contributed by atoms with Crippen LogP contribution < -0.4 is 10.2 Å². The molecule has 0 unspecified atom stereocenters. The van der Waals surface area contributed by atoms with Crippen LogP contribution in [0.25, 0.3) is 0 Å². The van der Waals surface area contributed by atoms with Crippen molar-refractivity contribution in [1.29, 1.82) is 0 Å². The van der Waals surface area contributed by atoms with E-state index in [9.17, 15) is 22.8 Å². The van der Waals surface area contributed by atoms with Gasteiger partial charge in [-0.3, -0.25) is 9.59 Å². The minimum atomic E-state index is -4.40. The second-order valence-corrected chi connectivity index (χ2v) is 6.36. The van der Waals surface area contributed by atoms with Gasteiger partial charge in [0, 0.05) is 29.7 Å². The molecule has 25 heavy (non-hydrogen) atoms. The molecule has 1 aliphatic heterocycles. The molecule has 0 spiro atoms. The van der Waals surface area contributed by atoms with Gasteiger partial charge >= 0.3 is 6.18 Å². The number of rotatable bonds is 6. The van der Waals surface area contributed by atoms with E-state index in [-0.39, 0.29) is 31.4 Å². The van der Waals surface area contributed by atoms with Gasteiger partial charge in [-0.25, -0.2) is 0 Å². The first-order chi connectivity index (χ1) is 11.7. The number of nitrogens with one attached hydrogen (secondary N) is 1. The van der Waals surface area contributed by atoms with E-state index in [0.29, 0.717) is 10.7 Å². The summed E-state index contributed by atoms with van der Waals surface area (Å²) >= 11 is 5.91. The first-order valence-corrected chi connectivity index (χ1v) is 8.04. The number of amides is 2. The van der Waals surface area contributed by atoms with Crippen LogP contribution in [-0.2, 0) is 14.3 Å². The highest BCUT2D eigenvalue weighted by Gasteiger charge is 2.35. The number of halogens is 4. The Hall–Kier alpha value is -1.80. The lowest BCUT2D eigenvalue weighted by molar-refractivity contribution is -0.175. The van der Waals surface area contributed by atoms with Crippen molar-refractivity contribution in [3.63, 3.8) is 0 Å². The van der Waals surface area contributed by atoms with Gasteiger partial charge in [0.15, 0.2) is 0 Å². The number of benzene rings is 1. The predicted molar refractivity (Wildman–Crippen MR) is 86.4 cm³/mol. The molecule has 0 bridgehead atoms. The standard InChI is InChI=1S/C16H18ClF3N2O3/c1-10(8-25-9-16(18,19)20)21-15(24)11-5-14(23)22(7-11)13-4-2-3-12(17)6-13/h2-4,6,10-11H,5,7-9H2,1H3,(H,21,24)/t10-,11+/m1/s1. The molecule has 1 heterocycles. The fourth-order valence-electron chi connectivity index (χ4n) is 2.53. The summed E-state index contributed by atoms with van der Waals surface area (Å²) in [5.41, 5.74) is 0.606. The Morgan fingerprint density at radius 1 is 1.48 bits per heavy atom. The molecule has 0 aromatic heterocycles. The Bertz CT molecular complexity index is 639. The van der Waals surface area contributed by atoms with Crippen LogP contribution in [0, 0.1) is 5.92 Å². The number of hydrogen-bond donors (Lipinski definition) is 1. The van der Waals surface area contributed by atoms with Gasteiger partial charge in [-0.05, 0) is 25.1 Å². The van der Waals surface area contributed by atoms with Gasteiger partial charge in [-0.15, -0.1) is 0 Å². The molecular formula is C16H18ClF3N2O3. The van der Waals surface area contributed by atoms with Crippen LogP contribution in [0.2, 0.25) is 5.02 Å². The second kappa shape index (κ2) is 8.05. The first-order valence-electron chi connectivity index (χ1n) is 7.66. The average Bonchev–Trinajstić information content (AvgIpc) is 2.88. The van der Waals surface area contributed by atoms with Crippen molar-refractivity contribution in [3.05, 3.63) is 29.3 Å². The molecule has 1 saturated heterocycles. The summed E-state index contributed by atoms with van der Waals surface area (Å²) in [5, 5.41) is 3.06. The summed E-state index contributed by atoms with van der Waals surface area (Å²) in [4.78, 5) is 25.8. The average molecular weight is 379 g/mol. The molecule has 1 aromatic carbocycles. The van der Waals surface area contributed by atoms with Crippen LogP contribution in [0.3, 0.4) is 0 Å². The highest BCUT2D eigenvalue weighted by atomic mass is 35.5. The number of carbonyl (C=O) groups is 2. The molecule has 9 heteroatoms. The minimum Gasteiger partial charge on any atom is -0.370 e. The van der Waals surface area contributed by atoms with Gasteiger partial charge < -0.3 is 15.0 Å². The van der Waals surface area contributed by atoms with Crippen molar-refractivity contribution in [3.8, 4) is 0 Å². The molecule has 1 aliphatic rings. The Balaban J connectivity index is 1.86. The van der Waals surface area contributed by atoms with E-state index in [2.05, 4.69) is 10.1 Å². The maximum Gasteiger partial charge on any atom is 0.411 e. The second-order valence-electron chi connectivity index (χ2n) is 5.93. The van der Waals surface area contributed by atoms with E-state index in [4.69, 9.17) is 11.6 Å². The van der Waals surface area contributed by atoms with E-state index in [1.54, 1.807) is 31.2 Å². The summed E-state index contributed by atoms with van der Waals surface area (Å²) in [5.74, 6) is -1.17. The van der Waals surface area contributed by atoms with Crippen LogP contribution in [0.4, 0.5) is 18.9 Å². The van der Waals surface area contributed by atoms with Gasteiger partial charge in [0.25, 0.3) is 0 Å². The van der Waals surface area contributed by atoms with E-state index >= 15 is 0 Å². The van der Waals surface area contributed by atoms with Crippen molar-refractivity contribution in [2.75, 3.05) is 24.7 Å². The van der Waals surface area contributed by atoms with E-state index in [1.807, 2.05) is 0 Å². The van der Waals surface area contributed by atoms with Gasteiger partial charge in [0.2, 0.25) is 11.8 Å². The van der Waals surface area contributed by atoms with E-state index < -0.39 is 24.7 Å². The number of alkyl halides is 3. The molecule has 0 radical (unpaired) electrons. The van der Waals surface area contributed by atoms with Crippen molar-refractivity contribution >= 4 is 29.1 Å². The third-order valence-corrected chi connectivity index (χ3v) is 3.87. The Kier molecular flexibility index (Phi) is 6.29. The van der Waals surface area contributed by atoms with Crippen molar-refractivity contribution < 1.29 is 27.5 Å².